The highest BCUT2D eigenvalue weighted by atomic mass is 17.2. The van der Waals surface area contributed by atoms with Crippen LogP contribution in [0.4, 0.5) is 0 Å². The van der Waals surface area contributed by atoms with Crippen LogP contribution in [0.25, 0.3) is 0 Å². The molecule has 0 aliphatic heterocycles. The minimum Gasteiger partial charge on any atom is -0.465 e. The van der Waals surface area contributed by atoms with Gasteiger partial charge < -0.3 is 37.9 Å². The summed E-state index contributed by atoms with van der Waals surface area (Å²) in [6.07, 6.45) is 19.3. The summed E-state index contributed by atoms with van der Waals surface area (Å²) in [6.45, 7) is 3.66. The van der Waals surface area contributed by atoms with Gasteiger partial charge in [0.1, 0.15) is 45.7 Å². The molecule has 4 aliphatic rings. The van der Waals surface area contributed by atoms with Crippen LogP contribution in [0.2, 0.25) is 0 Å². The van der Waals surface area contributed by atoms with Crippen LogP contribution in [0.15, 0.2) is 182 Å². The molecular weight excluding hydrogens is 1370 g/mol. The molecule has 0 N–H and O–H groups in total. The Balaban J connectivity index is 0.000000202. The second kappa shape index (κ2) is 48.2. The van der Waals surface area contributed by atoms with Crippen LogP contribution in [0.5, 0.6) is 0 Å². The van der Waals surface area contributed by atoms with Gasteiger partial charge in [-0.05, 0) is 138 Å². The van der Waals surface area contributed by atoms with Gasteiger partial charge in [0.15, 0.2) is 6.10 Å². The van der Waals surface area contributed by atoms with E-state index in [2.05, 4.69) is 0 Å². The molecule has 0 radical (unpaired) electrons. The number of carbonyl (C=O) groups excluding carboxylic acids is 10. The molecule has 574 valence electrons. The third kappa shape index (κ3) is 31.5. The Morgan fingerprint density at radius 2 is 0.617 bits per heavy atom. The van der Waals surface area contributed by atoms with Gasteiger partial charge in [0.25, 0.3) is 0 Å². The molecular formula is C85H102O22. The van der Waals surface area contributed by atoms with Gasteiger partial charge in [-0.2, -0.15) is 9.78 Å². The Kier molecular flexibility index (Phi) is 37.9. The van der Waals surface area contributed by atoms with Gasteiger partial charge in [0.2, 0.25) is 0 Å². The fourth-order valence-corrected chi connectivity index (χ4v) is 12.1. The van der Waals surface area contributed by atoms with E-state index in [4.69, 9.17) is 57.4 Å². The molecule has 4 saturated carbocycles. The number of carbonyl (C=O) groups is 10. The summed E-state index contributed by atoms with van der Waals surface area (Å²) in [4.78, 5) is 141. The second-order valence-corrected chi connectivity index (χ2v) is 27.0. The van der Waals surface area contributed by atoms with E-state index in [1.54, 1.807) is 165 Å². The normalized spacial score (nSPS) is 15.0. The summed E-state index contributed by atoms with van der Waals surface area (Å²) in [5.74, 6) is -4.26. The molecule has 22 nitrogen and oxygen atoms in total. The summed E-state index contributed by atoms with van der Waals surface area (Å²) < 4.78 is 43.2. The molecule has 10 rings (SSSR count). The highest BCUT2D eigenvalue weighted by molar-refractivity contribution is 5.92. The summed E-state index contributed by atoms with van der Waals surface area (Å²) in [6, 6.07) is 52.0. The average Bonchev–Trinajstić information content (AvgIpc) is 0.844. The SMILES string of the molecule is CC(COC(=O)c1ccccc1)OOC(=O)C1CCCCC1.CCC(COC(=O)c1ccccc1)(COC(=O)c1ccccc1)COC(=O)C1CCCCC1.O=C(OCC(COC(=O)c1ccccc1)OC(=O)C1CCCCC1)c1ccccc1.O=C(OCCCOOC(=O)C1CCCCC1)c1ccccc1. The quantitative estimate of drug-likeness (QED) is 0.0128. The smallest absolute Gasteiger partial charge is 0.345 e. The van der Waals surface area contributed by atoms with E-state index in [0.29, 0.717) is 46.2 Å². The molecule has 6 aromatic carbocycles. The molecule has 22 heteroatoms. The Hall–Kier alpha value is -10.1. The van der Waals surface area contributed by atoms with E-state index in [0.717, 1.165) is 116 Å². The molecule has 4 fully saturated rings. The van der Waals surface area contributed by atoms with Crippen LogP contribution in [0.1, 0.15) is 217 Å². The minimum atomic E-state index is -0.861. The maximum Gasteiger partial charge on any atom is 0.345 e. The Bertz CT molecular complexity index is 3500. The van der Waals surface area contributed by atoms with Crippen molar-refractivity contribution in [2.24, 2.45) is 29.1 Å². The van der Waals surface area contributed by atoms with Crippen molar-refractivity contribution in [3.8, 4) is 0 Å². The zero-order valence-corrected chi connectivity index (χ0v) is 61.5. The third-order valence-electron chi connectivity index (χ3n) is 18.7. The molecule has 0 heterocycles. The zero-order valence-electron chi connectivity index (χ0n) is 61.5. The molecule has 6 aromatic rings. The lowest BCUT2D eigenvalue weighted by Gasteiger charge is -2.32. The van der Waals surface area contributed by atoms with Gasteiger partial charge in [-0.3, -0.25) is 19.4 Å². The molecule has 1 atom stereocenters. The van der Waals surface area contributed by atoms with Gasteiger partial charge >= 0.3 is 59.7 Å². The highest BCUT2D eigenvalue weighted by Gasteiger charge is 2.36. The monoisotopic (exact) mass is 1470 g/mol. The first-order valence-electron chi connectivity index (χ1n) is 37.5. The van der Waals surface area contributed by atoms with Crippen molar-refractivity contribution in [1.82, 2.24) is 0 Å². The van der Waals surface area contributed by atoms with Crippen molar-refractivity contribution in [2.75, 3.05) is 52.9 Å². The van der Waals surface area contributed by atoms with E-state index >= 15 is 0 Å². The number of benzene rings is 6. The van der Waals surface area contributed by atoms with E-state index in [1.165, 1.54) is 12.8 Å². The first kappa shape index (κ1) is 84.2. The van der Waals surface area contributed by atoms with Gasteiger partial charge in [0.05, 0.1) is 75.7 Å². The molecule has 1 unspecified atom stereocenters. The Morgan fingerprint density at radius 1 is 0.327 bits per heavy atom. The van der Waals surface area contributed by atoms with Crippen molar-refractivity contribution in [1.29, 1.82) is 0 Å². The molecule has 0 amide bonds. The van der Waals surface area contributed by atoms with Crippen LogP contribution in [0.3, 0.4) is 0 Å². The summed E-state index contributed by atoms with van der Waals surface area (Å²) >= 11 is 0. The first-order valence-corrected chi connectivity index (χ1v) is 37.5. The average molecular weight is 1480 g/mol. The Labute approximate surface area is 626 Å². The summed E-state index contributed by atoms with van der Waals surface area (Å²) in [7, 11) is 0. The predicted octanol–water partition coefficient (Wildman–Crippen LogP) is 16.0. The molecule has 0 spiro atoms. The van der Waals surface area contributed by atoms with E-state index in [1.807, 2.05) is 31.2 Å². The van der Waals surface area contributed by atoms with Crippen LogP contribution < -0.4 is 0 Å². The summed E-state index contributed by atoms with van der Waals surface area (Å²) in [5, 5.41) is 0. The number of rotatable bonds is 31. The van der Waals surface area contributed by atoms with Crippen molar-refractivity contribution < 1.29 is 105 Å². The lowest BCUT2D eigenvalue weighted by atomic mass is 9.87. The Morgan fingerprint density at radius 3 is 0.963 bits per heavy atom. The van der Waals surface area contributed by atoms with Crippen molar-refractivity contribution >= 4 is 59.7 Å². The van der Waals surface area contributed by atoms with E-state index in [9.17, 15) is 47.9 Å². The molecule has 0 bridgehead atoms. The number of ether oxygens (including phenoxy) is 8. The predicted molar refractivity (Wildman–Crippen MR) is 394 cm³/mol. The van der Waals surface area contributed by atoms with Crippen LogP contribution >= 0.6 is 0 Å². The number of hydrogen-bond acceptors (Lipinski definition) is 22. The fraction of sp³-hybridized carbons (Fsp3) is 0.459. The van der Waals surface area contributed by atoms with Gasteiger partial charge in [0, 0.05) is 6.42 Å². The lowest BCUT2D eigenvalue weighted by molar-refractivity contribution is -0.302. The largest absolute Gasteiger partial charge is 0.465 e. The summed E-state index contributed by atoms with van der Waals surface area (Å²) in [5.41, 5.74) is 1.83. The van der Waals surface area contributed by atoms with Gasteiger partial charge in [-0.1, -0.05) is 193 Å². The highest BCUT2D eigenvalue weighted by Crippen LogP contribution is 2.31. The molecule has 4 aliphatic carbocycles. The van der Waals surface area contributed by atoms with Crippen molar-refractivity contribution in [3.05, 3.63) is 215 Å². The molecule has 0 aromatic heterocycles. The third-order valence-corrected chi connectivity index (χ3v) is 18.7. The number of hydrogen-bond donors (Lipinski definition) is 0. The molecule has 107 heavy (non-hydrogen) atoms. The lowest BCUT2D eigenvalue weighted by Crippen LogP contribution is -2.40. The topological polar surface area (TPSA) is 281 Å². The van der Waals surface area contributed by atoms with Crippen LogP contribution in [0, 0.1) is 29.1 Å². The van der Waals surface area contributed by atoms with Crippen molar-refractivity contribution in [2.45, 2.75) is 167 Å². The maximum atomic E-state index is 12.6. The van der Waals surface area contributed by atoms with Crippen molar-refractivity contribution in [3.63, 3.8) is 0 Å². The van der Waals surface area contributed by atoms with Crippen LogP contribution in [-0.4, -0.2) is 125 Å². The molecule has 0 saturated heterocycles. The van der Waals surface area contributed by atoms with E-state index < -0.39 is 47.5 Å². The maximum absolute atomic E-state index is 12.6. The standard InChI is InChI=1S/C27H32O6.C24H26O6.2C17H22O5/c1-2-27(18-31-24(28)21-12-6-3-7-13-21,19-32-25(29)22-14-8-4-9-15-22)20-33-26(30)23-16-10-5-11-17-23;25-22(18-10-4-1-5-11-18)28-16-21(30-24(27)20-14-8-3-9-15-20)17-29-23(26)19-12-6-2-7-13-19;1-13(12-20-16(18)14-8-4-2-5-9-14)21-22-17(19)15-10-6-3-7-11-15;18-16(14-8-3-1-4-9-14)20-12-7-13-21-22-17(19)15-10-5-2-6-11-15/h3-4,6-9,12-15,23H,2,5,10-11,16-20H2,1H3;1-2,4-7,10-13,20-21H,3,8-9,14-17H2;2,4-5,8-9,13,15H,3,6-7,10-12H2,1H3;1,3-4,8-9,15H,2,5-7,10-13H2. The van der Waals surface area contributed by atoms with E-state index in [-0.39, 0.29) is 106 Å². The number of esters is 8. The van der Waals surface area contributed by atoms with Crippen LogP contribution in [-0.2, 0) is 76.6 Å². The fourth-order valence-electron chi connectivity index (χ4n) is 12.1. The minimum absolute atomic E-state index is 0.0168. The first-order chi connectivity index (χ1) is 52.1. The van der Waals surface area contributed by atoms with Gasteiger partial charge in [-0.25, -0.2) is 38.4 Å². The van der Waals surface area contributed by atoms with Gasteiger partial charge in [-0.15, -0.1) is 0 Å². The second-order valence-electron chi connectivity index (χ2n) is 27.0. The zero-order chi connectivity index (χ0) is 76.1.